The molecule has 1 aromatic rings. The van der Waals surface area contributed by atoms with E-state index in [2.05, 4.69) is 63.8 Å². The van der Waals surface area contributed by atoms with E-state index in [1.807, 2.05) is 7.05 Å². The van der Waals surface area contributed by atoms with E-state index in [0.717, 1.165) is 45.4 Å². The molecule has 1 heterocycles. The predicted octanol–water partition coefficient (Wildman–Crippen LogP) is 3.07. The fourth-order valence-electron chi connectivity index (χ4n) is 4.45. The number of aliphatic imine (C=N–C) groups is 1. The molecule has 0 radical (unpaired) electrons. The van der Waals surface area contributed by atoms with Crippen molar-refractivity contribution in [1.82, 2.24) is 15.5 Å². The van der Waals surface area contributed by atoms with Crippen molar-refractivity contribution in [2.24, 2.45) is 4.99 Å². The summed E-state index contributed by atoms with van der Waals surface area (Å²) in [6.45, 7) is 5.53. The number of guanidine groups is 1. The number of halogens is 1. The molecule has 1 saturated carbocycles. The smallest absolute Gasteiger partial charge is 0.191 e. The molecule has 0 amide bonds. The van der Waals surface area contributed by atoms with Gasteiger partial charge in [0.15, 0.2) is 5.96 Å². The topological polar surface area (TPSA) is 52.1 Å². The molecule has 2 N–H and O–H groups in total. The van der Waals surface area contributed by atoms with Crippen LogP contribution in [-0.4, -0.2) is 70.4 Å². The number of ether oxygens (including phenoxy) is 1. The lowest BCUT2D eigenvalue weighted by Gasteiger charge is -2.48. The number of anilines is 1. The second kappa shape index (κ2) is 12.0. The third-order valence-corrected chi connectivity index (χ3v) is 6.16. The van der Waals surface area contributed by atoms with Crippen LogP contribution in [0.5, 0.6) is 0 Å². The highest BCUT2D eigenvalue weighted by Crippen LogP contribution is 2.33. The molecule has 6 nitrogen and oxygen atoms in total. The summed E-state index contributed by atoms with van der Waals surface area (Å²) < 4.78 is 5.59. The summed E-state index contributed by atoms with van der Waals surface area (Å²) >= 11 is 0. The highest BCUT2D eigenvalue weighted by molar-refractivity contribution is 14.0. The zero-order valence-electron chi connectivity index (χ0n) is 18.2. The van der Waals surface area contributed by atoms with Gasteiger partial charge in [0.2, 0.25) is 0 Å². The minimum absolute atomic E-state index is 0. The van der Waals surface area contributed by atoms with Gasteiger partial charge >= 0.3 is 0 Å². The Hall–Kier alpha value is -1.06. The van der Waals surface area contributed by atoms with Crippen LogP contribution in [0.4, 0.5) is 5.69 Å². The van der Waals surface area contributed by atoms with Gasteiger partial charge in [-0.3, -0.25) is 9.89 Å². The van der Waals surface area contributed by atoms with Crippen LogP contribution in [0, 0.1) is 0 Å². The Morgan fingerprint density at radius 1 is 1.14 bits per heavy atom. The third kappa shape index (κ3) is 6.72. The van der Waals surface area contributed by atoms with Gasteiger partial charge in [-0.25, -0.2) is 0 Å². The number of hydrogen-bond donors (Lipinski definition) is 2. The minimum atomic E-state index is 0. The standard InChI is InChI=1S/C22H37N5O.HI/c1-23-21(24-17-19-8-7-9-20(16-19)26(2)3)25-18-22(10-5-4-6-11-22)27-12-14-28-15-13-27;/h7-9,16H,4-6,10-15,17-18H2,1-3H3,(H2,23,24,25);1H. The Morgan fingerprint density at radius 3 is 2.52 bits per heavy atom. The maximum Gasteiger partial charge on any atom is 0.191 e. The average molecular weight is 515 g/mol. The fraction of sp³-hybridized carbons (Fsp3) is 0.682. The van der Waals surface area contributed by atoms with Crippen LogP contribution in [0.2, 0.25) is 0 Å². The predicted molar refractivity (Wildman–Crippen MR) is 133 cm³/mol. The first kappa shape index (κ1) is 24.2. The van der Waals surface area contributed by atoms with Crippen molar-refractivity contribution in [3.63, 3.8) is 0 Å². The van der Waals surface area contributed by atoms with E-state index < -0.39 is 0 Å². The van der Waals surface area contributed by atoms with Gasteiger partial charge in [-0.2, -0.15) is 0 Å². The molecule has 0 atom stereocenters. The van der Waals surface area contributed by atoms with E-state index in [4.69, 9.17) is 4.74 Å². The van der Waals surface area contributed by atoms with E-state index in [0.29, 0.717) is 0 Å². The Kier molecular flexibility index (Phi) is 9.98. The molecule has 2 aliphatic rings. The van der Waals surface area contributed by atoms with E-state index in [-0.39, 0.29) is 29.5 Å². The number of nitrogens with zero attached hydrogens (tertiary/aromatic N) is 3. The Balaban J connectivity index is 0.00000300. The Morgan fingerprint density at radius 2 is 1.86 bits per heavy atom. The highest BCUT2D eigenvalue weighted by Gasteiger charge is 2.38. The minimum Gasteiger partial charge on any atom is -0.379 e. The van der Waals surface area contributed by atoms with Crippen molar-refractivity contribution in [1.29, 1.82) is 0 Å². The van der Waals surface area contributed by atoms with Crippen LogP contribution in [0.3, 0.4) is 0 Å². The Labute approximate surface area is 193 Å². The van der Waals surface area contributed by atoms with Crippen LogP contribution >= 0.6 is 24.0 Å². The second-order valence-electron chi connectivity index (χ2n) is 8.23. The summed E-state index contributed by atoms with van der Waals surface area (Å²) in [5.41, 5.74) is 2.72. The molecule has 29 heavy (non-hydrogen) atoms. The van der Waals surface area contributed by atoms with E-state index in [1.54, 1.807) is 0 Å². The van der Waals surface area contributed by atoms with Crippen LogP contribution in [-0.2, 0) is 11.3 Å². The van der Waals surface area contributed by atoms with Crippen molar-refractivity contribution in [2.45, 2.75) is 44.2 Å². The van der Waals surface area contributed by atoms with E-state index in [9.17, 15) is 0 Å². The number of benzene rings is 1. The first-order chi connectivity index (χ1) is 13.6. The van der Waals surface area contributed by atoms with Crippen molar-refractivity contribution >= 4 is 35.6 Å². The lowest BCUT2D eigenvalue weighted by molar-refractivity contribution is -0.0352. The molecule has 1 aromatic carbocycles. The van der Waals surface area contributed by atoms with Gasteiger partial charge in [-0.05, 0) is 30.5 Å². The quantitative estimate of drug-likeness (QED) is 0.347. The number of morpholine rings is 1. The third-order valence-electron chi connectivity index (χ3n) is 6.16. The molecule has 7 heteroatoms. The van der Waals surface area contributed by atoms with Crippen molar-refractivity contribution < 1.29 is 4.74 Å². The first-order valence-electron chi connectivity index (χ1n) is 10.7. The van der Waals surface area contributed by atoms with Crippen LogP contribution in [0.15, 0.2) is 29.3 Å². The normalized spacial score (nSPS) is 19.9. The average Bonchev–Trinajstić information content (AvgIpc) is 2.75. The number of hydrogen-bond acceptors (Lipinski definition) is 4. The van der Waals surface area contributed by atoms with Crippen LogP contribution < -0.4 is 15.5 Å². The molecule has 1 aliphatic heterocycles. The summed E-state index contributed by atoms with van der Waals surface area (Å²) in [6, 6.07) is 8.62. The largest absolute Gasteiger partial charge is 0.379 e. The molecule has 164 valence electrons. The summed E-state index contributed by atoms with van der Waals surface area (Å²) in [4.78, 5) is 9.26. The lowest BCUT2D eigenvalue weighted by Crippen LogP contribution is -2.60. The summed E-state index contributed by atoms with van der Waals surface area (Å²) in [7, 11) is 6.00. The van der Waals surface area contributed by atoms with E-state index >= 15 is 0 Å². The fourth-order valence-corrected chi connectivity index (χ4v) is 4.45. The monoisotopic (exact) mass is 515 g/mol. The molecule has 0 spiro atoms. The lowest BCUT2D eigenvalue weighted by atomic mass is 9.80. The van der Waals surface area contributed by atoms with Gasteiger partial charge in [-0.15, -0.1) is 24.0 Å². The van der Waals surface area contributed by atoms with Gasteiger partial charge in [0.05, 0.1) is 13.2 Å². The zero-order valence-corrected chi connectivity index (χ0v) is 20.6. The number of rotatable bonds is 6. The van der Waals surface area contributed by atoms with Gasteiger partial charge < -0.3 is 20.3 Å². The molecule has 0 unspecified atom stereocenters. The first-order valence-corrected chi connectivity index (χ1v) is 10.7. The van der Waals surface area contributed by atoms with Crippen molar-refractivity contribution in [2.75, 3.05) is 58.9 Å². The zero-order chi connectivity index (χ0) is 19.8. The molecule has 0 bridgehead atoms. The maximum atomic E-state index is 5.59. The second-order valence-corrected chi connectivity index (χ2v) is 8.23. The molecule has 0 aromatic heterocycles. The van der Waals surface area contributed by atoms with Crippen molar-refractivity contribution in [3.05, 3.63) is 29.8 Å². The van der Waals surface area contributed by atoms with Crippen molar-refractivity contribution in [3.8, 4) is 0 Å². The summed E-state index contributed by atoms with van der Waals surface area (Å²) in [6.07, 6.45) is 6.54. The van der Waals surface area contributed by atoms with E-state index in [1.165, 1.54) is 43.4 Å². The van der Waals surface area contributed by atoms with Gasteiger partial charge in [-0.1, -0.05) is 31.4 Å². The highest BCUT2D eigenvalue weighted by atomic mass is 127. The van der Waals surface area contributed by atoms with Gasteiger partial charge in [0.1, 0.15) is 0 Å². The molecule has 2 fully saturated rings. The van der Waals surface area contributed by atoms with Gasteiger partial charge in [0, 0.05) is 58.5 Å². The van der Waals surface area contributed by atoms with Gasteiger partial charge in [0.25, 0.3) is 0 Å². The van der Waals surface area contributed by atoms with Crippen LogP contribution in [0.1, 0.15) is 37.7 Å². The molecule has 3 rings (SSSR count). The molecular weight excluding hydrogens is 477 g/mol. The molecule has 1 aliphatic carbocycles. The number of nitrogens with one attached hydrogen (secondary N) is 2. The molecular formula is C22H38IN5O. The molecule has 1 saturated heterocycles. The van der Waals surface area contributed by atoms with Crippen LogP contribution in [0.25, 0.3) is 0 Å². The summed E-state index contributed by atoms with van der Waals surface area (Å²) in [5.74, 6) is 0.883. The maximum absolute atomic E-state index is 5.59. The SMILES string of the molecule is CN=C(NCc1cccc(N(C)C)c1)NCC1(N2CCOCC2)CCCCC1.I. The Bertz CT molecular complexity index is 640. The summed E-state index contributed by atoms with van der Waals surface area (Å²) in [5, 5.41) is 7.12.